The van der Waals surface area contributed by atoms with E-state index in [1.165, 1.54) is 6.07 Å². The summed E-state index contributed by atoms with van der Waals surface area (Å²) >= 11 is 3.25. The molecule has 6 heteroatoms. The van der Waals surface area contributed by atoms with Crippen LogP contribution >= 0.6 is 15.9 Å². The van der Waals surface area contributed by atoms with Crippen LogP contribution in [0.1, 0.15) is 13.3 Å². The largest absolute Gasteiger partial charge is 0.398 e. The Morgan fingerprint density at radius 2 is 2.12 bits per heavy atom. The number of halogens is 1. The lowest BCUT2D eigenvalue weighted by Gasteiger charge is -2.14. The van der Waals surface area contributed by atoms with Crippen LogP contribution in [-0.4, -0.2) is 27.4 Å². The van der Waals surface area contributed by atoms with Gasteiger partial charge in [-0.05, 0) is 31.5 Å². The van der Waals surface area contributed by atoms with Crippen LogP contribution in [0.4, 0.5) is 5.69 Å². The summed E-state index contributed by atoms with van der Waals surface area (Å²) in [6.07, 6.45) is 0.453. The van der Waals surface area contributed by atoms with Gasteiger partial charge in [-0.2, -0.15) is 0 Å². The van der Waals surface area contributed by atoms with E-state index in [0.717, 1.165) is 4.47 Å². The first-order chi connectivity index (χ1) is 7.89. The summed E-state index contributed by atoms with van der Waals surface area (Å²) < 4.78 is 30.1. The number of benzene rings is 1. The first kappa shape index (κ1) is 14.5. The quantitative estimate of drug-likeness (QED) is 0.844. The van der Waals surface area contributed by atoms with Gasteiger partial charge < -0.3 is 10.5 Å². The van der Waals surface area contributed by atoms with Crippen molar-refractivity contribution in [2.75, 3.05) is 19.5 Å². The minimum atomic E-state index is -3.38. The normalized spacial score (nSPS) is 13.6. The van der Waals surface area contributed by atoms with Crippen molar-refractivity contribution in [3.8, 4) is 0 Å². The number of hydrogen-bond donors (Lipinski definition) is 1. The van der Waals surface area contributed by atoms with Gasteiger partial charge in [-0.15, -0.1) is 0 Å². The maximum atomic E-state index is 12.2. The van der Waals surface area contributed by atoms with E-state index in [4.69, 9.17) is 10.5 Å². The van der Waals surface area contributed by atoms with Gasteiger partial charge in [-0.3, -0.25) is 0 Å². The summed E-state index contributed by atoms with van der Waals surface area (Å²) in [6.45, 7) is 2.08. The highest BCUT2D eigenvalue weighted by Crippen LogP contribution is 2.26. The number of hydrogen-bond acceptors (Lipinski definition) is 4. The number of ether oxygens (including phenoxy) is 1. The van der Waals surface area contributed by atoms with Gasteiger partial charge >= 0.3 is 0 Å². The van der Waals surface area contributed by atoms with Crippen molar-refractivity contribution >= 4 is 31.5 Å². The molecule has 0 amide bonds. The number of anilines is 1. The third kappa shape index (κ3) is 3.43. The molecule has 0 aliphatic heterocycles. The minimum Gasteiger partial charge on any atom is -0.398 e. The molecule has 0 radical (unpaired) electrons. The number of methoxy groups -OCH3 is 1. The zero-order valence-corrected chi connectivity index (χ0v) is 12.2. The average molecular weight is 322 g/mol. The summed E-state index contributed by atoms with van der Waals surface area (Å²) in [5.41, 5.74) is 6.00. The summed E-state index contributed by atoms with van der Waals surface area (Å²) in [5.74, 6) is 0. The highest BCUT2D eigenvalue weighted by atomic mass is 79.9. The van der Waals surface area contributed by atoms with E-state index in [9.17, 15) is 8.42 Å². The van der Waals surface area contributed by atoms with Crippen molar-refractivity contribution in [2.45, 2.75) is 23.5 Å². The molecule has 1 aromatic carbocycles. The van der Waals surface area contributed by atoms with Crippen LogP contribution in [0.3, 0.4) is 0 Å². The Morgan fingerprint density at radius 3 is 2.65 bits per heavy atom. The molecule has 1 rings (SSSR count). The van der Waals surface area contributed by atoms with E-state index in [0.29, 0.717) is 13.0 Å². The molecule has 0 saturated heterocycles. The zero-order chi connectivity index (χ0) is 13.1. The molecular weight excluding hydrogens is 306 g/mol. The smallest absolute Gasteiger partial charge is 0.183 e. The number of rotatable bonds is 5. The third-order valence-corrected chi connectivity index (χ3v) is 5.31. The maximum Gasteiger partial charge on any atom is 0.183 e. The standard InChI is InChI=1S/C11H16BrNO3S/c1-8(5-6-16-2)17(14,15)11-4-3-9(12)7-10(11)13/h3-4,7-8H,5-6,13H2,1-2H3. The van der Waals surface area contributed by atoms with Gasteiger partial charge in [0.05, 0.1) is 15.8 Å². The van der Waals surface area contributed by atoms with Crippen molar-refractivity contribution in [1.82, 2.24) is 0 Å². The van der Waals surface area contributed by atoms with Gasteiger partial charge in [0.2, 0.25) is 0 Å². The van der Waals surface area contributed by atoms with Crippen LogP contribution in [0.5, 0.6) is 0 Å². The lowest BCUT2D eigenvalue weighted by Crippen LogP contribution is -2.20. The van der Waals surface area contributed by atoms with Crippen LogP contribution in [0.25, 0.3) is 0 Å². The first-order valence-electron chi connectivity index (χ1n) is 5.17. The number of nitrogens with two attached hydrogens (primary N) is 1. The highest BCUT2D eigenvalue weighted by molar-refractivity contribution is 9.10. The van der Waals surface area contributed by atoms with Gasteiger partial charge in [0.1, 0.15) is 0 Å². The van der Waals surface area contributed by atoms with Crippen LogP contribution in [-0.2, 0) is 14.6 Å². The van der Waals surface area contributed by atoms with E-state index in [1.807, 2.05) is 0 Å². The predicted molar refractivity (Wildman–Crippen MR) is 71.7 cm³/mol. The van der Waals surface area contributed by atoms with Crippen LogP contribution in [0.15, 0.2) is 27.6 Å². The van der Waals surface area contributed by atoms with E-state index in [2.05, 4.69) is 15.9 Å². The Hall–Kier alpha value is -0.590. The summed E-state index contributed by atoms with van der Waals surface area (Å²) in [7, 11) is -1.84. The van der Waals surface area contributed by atoms with Gasteiger partial charge in [-0.1, -0.05) is 15.9 Å². The molecule has 1 aromatic rings. The molecular formula is C11H16BrNO3S. The molecule has 0 aliphatic rings. The highest BCUT2D eigenvalue weighted by Gasteiger charge is 2.25. The summed E-state index contributed by atoms with van der Waals surface area (Å²) in [4.78, 5) is 0.185. The molecule has 0 saturated carbocycles. The van der Waals surface area contributed by atoms with Gasteiger partial charge in [-0.25, -0.2) is 8.42 Å². The molecule has 0 spiro atoms. The van der Waals surface area contributed by atoms with E-state index < -0.39 is 15.1 Å². The molecule has 0 aliphatic carbocycles. The summed E-state index contributed by atoms with van der Waals surface area (Å²) in [6, 6.07) is 4.79. The molecule has 1 unspecified atom stereocenters. The molecule has 0 fully saturated rings. The first-order valence-corrected chi connectivity index (χ1v) is 7.51. The Kier molecular flexibility index (Phi) is 4.97. The molecule has 0 aromatic heterocycles. The summed E-state index contributed by atoms with van der Waals surface area (Å²) in [5, 5.41) is -0.508. The average Bonchev–Trinajstić information content (AvgIpc) is 2.25. The van der Waals surface area contributed by atoms with Crippen molar-refractivity contribution in [3.05, 3.63) is 22.7 Å². The fourth-order valence-corrected chi connectivity index (χ4v) is 3.30. The van der Waals surface area contributed by atoms with Crippen LogP contribution in [0.2, 0.25) is 0 Å². The van der Waals surface area contributed by atoms with Crippen molar-refractivity contribution in [1.29, 1.82) is 0 Å². The van der Waals surface area contributed by atoms with Gasteiger partial charge in [0, 0.05) is 18.2 Å². The third-order valence-electron chi connectivity index (χ3n) is 2.54. The molecule has 0 bridgehead atoms. The number of sulfone groups is 1. The van der Waals surface area contributed by atoms with Crippen LogP contribution < -0.4 is 5.73 Å². The second-order valence-electron chi connectivity index (χ2n) is 3.82. The second kappa shape index (κ2) is 5.84. The van der Waals surface area contributed by atoms with Crippen LogP contribution in [0, 0.1) is 0 Å². The van der Waals surface area contributed by atoms with E-state index in [-0.39, 0.29) is 10.6 Å². The second-order valence-corrected chi connectivity index (χ2v) is 7.07. The topological polar surface area (TPSA) is 69.4 Å². The van der Waals surface area contributed by atoms with E-state index in [1.54, 1.807) is 26.2 Å². The molecule has 1 atom stereocenters. The van der Waals surface area contributed by atoms with E-state index >= 15 is 0 Å². The minimum absolute atomic E-state index is 0.185. The molecule has 17 heavy (non-hydrogen) atoms. The molecule has 2 N–H and O–H groups in total. The van der Waals surface area contributed by atoms with Gasteiger partial charge in [0.15, 0.2) is 9.84 Å². The van der Waals surface area contributed by atoms with Crippen molar-refractivity contribution in [3.63, 3.8) is 0 Å². The Bertz CT molecular complexity index is 487. The molecule has 0 heterocycles. The Labute approximate surface area is 110 Å². The van der Waals surface area contributed by atoms with Gasteiger partial charge in [0.25, 0.3) is 0 Å². The fraction of sp³-hybridized carbons (Fsp3) is 0.455. The zero-order valence-electron chi connectivity index (χ0n) is 9.81. The molecule has 4 nitrogen and oxygen atoms in total. The maximum absolute atomic E-state index is 12.2. The predicted octanol–water partition coefficient (Wildman–Crippen LogP) is 2.23. The van der Waals surface area contributed by atoms with Crippen molar-refractivity contribution in [2.24, 2.45) is 0 Å². The fourth-order valence-electron chi connectivity index (χ4n) is 1.43. The lowest BCUT2D eigenvalue weighted by molar-refractivity contribution is 0.194. The monoisotopic (exact) mass is 321 g/mol. The lowest BCUT2D eigenvalue weighted by atomic mass is 10.3. The Morgan fingerprint density at radius 1 is 1.47 bits per heavy atom. The SMILES string of the molecule is COCCC(C)S(=O)(=O)c1ccc(Br)cc1N. The number of nitrogen functional groups attached to an aromatic ring is 1. The molecule has 96 valence electrons. The van der Waals surface area contributed by atoms with Crippen molar-refractivity contribution < 1.29 is 13.2 Å². The Balaban J connectivity index is 3.04.